The van der Waals surface area contributed by atoms with Crippen molar-refractivity contribution in [3.05, 3.63) is 23.8 Å². The average Bonchev–Trinajstić information content (AvgIpc) is 2.71. The molecular weight excluding hydrogens is 254 g/mol. The van der Waals surface area contributed by atoms with Crippen LogP contribution < -0.4 is 14.8 Å². The van der Waals surface area contributed by atoms with Gasteiger partial charge in [-0.3, -0.25) is 0 Å². The first kappa shape index (κ1) is 13.7. The first-order valence-corrected chi connectivity index (χ1v) is 7.47. The summed E-state index contributed by atoms with van der Waals surface area (Å²) in [7, 11) is 0. The van der Waals surface area contributed by atoms with Crippen LogP contribution in [0.15, 0.2) is 18.2 Å². The lowest BCUT2D eigenvalue weighted by Crippen LogP contribution is -2.46. The van der Waals surface area contributed by atoms with Crippen LogP contribution in [0.3, 0.4) is 0 Å². The Labute approximate surface area is 120 Å². The molecule has 0 radical (unpaired) electrons. The van der Waals surface area contributed by atoms with Gasteiger partial charge in [-0.1, -0.05) is 12.1 Å². The number of nitrogens with one attached hydrogen (secondary N) is 1. The Bertz CT molecular complexity index is 455. The summed E-state index contributed by atoms with van der Waals surface area (Å²) in [5.74, 6) is 1.78. The van der Waals surface area contributed by atoms with Gasteiger partial charge in [-0.05, 0) is 25.8 Å². The second-order valence-electron chi connectivity index (χ2n) is 5.82. The minimum Gasteiger partial charge on any atom is -0.490 e. The summed E-state index contributed by atoms with van der Waals surface area (Å²) in [5.41, 5.74) is 1.34. The molecule has 1 aromatic carbocycles. The quantitative estimate of drug-likeness (QED) is 0.921. The van der Waals surface area contributed by atoms with Crippen molar-refractivity contribution >= 4 is 0 Å². The molecule has 0 atom stereocenters. The SMILES string of the molecule is CC1(NCc2cccc3c2OCCCO3)CCOCC1. The van der Waals surface area contributed by atoms with Crippen LogP contribution in [-0.4, -0.2) is 32.0 Å². The van der Waals surface area contributed by atoms with Gasteiger partial charge in [-0.2, -0.15) is 0 Å². The molecule has 3 rings (SSSR count). The Balaban J connectivity index is 1.71. The van der Waals surface area contributed by atoms with Crippen LogP contribution in [0.5, 0.6) is 11.5 Å². The molecule has 0 amide bonds. The van der Waals surface area contributed by atoms with E-state index in [1.807, 2.05) is 12.1 Å². The number of ether oxygens (including phenoxy) is 3. The minimum atomic E-state index is 0.159. The van der Waals surface area contributed by atoms with E-state index in [4.69, 9.17) is 14.2 Å². The summed E-state index contributed by atoms with van der Waals surface area (Å²) in [4.78, 5) is 0. The molecule has 1 saturated heterocycles. The molecule has 0 unspecified atom stereocenters. The number of benzene rings is 1. The largest absolute Gasteiger partial charge is 0.490 e. The van der Waals surface area contributed by atoms with Crippen molar-refractivity contribution in [1.82, 2.24) is 5.32 Å². The molecule has 0 bridgehead atoms. The number of hydrogen-bond donors (Lipinski definition) is 1. The zero-order valence-electron chi connectivity index (χ0n) is 12.1. The average molecular weight is 277 g/mol. The molecule has 110 valence electrons. The van der Waals surface area contributed by atoms with Crippen molar-refractivity contribution in [3.63, 3.8) is 0 Å². The zero-order chi connectivity index (χ0) is 13.8. The van der Waals surface area contributed by atoms with E-state index in [1.165, 1.54) is 5.56 Å². The minimum absolute atomic E-state index is 0.159. The van der Waals surface area contributed by atoms with Crippen molar-refractivity contribution in [1.29, 1.82) is 0 Å². The van der Waals surface area contributed by atoms with E-state index in [0.717, 1.165) is 63.7 Å². The Morgan fingerprint density at radius 2 is 1.90 bits per heavy atom. The summed E-state index contributed by atoms with van der Waals surface area (Å²) in [6.07, 6.45) is 3.05. The van der Waals surface area contributed by atoms with Crippen LogP contribution >= 0.6 is 0 Å². The molecule has 20 heavy (non-hydrogen) atoms. The predicted molar refractivity (Wildman–Crippen MR) is 77.3 cm³/mol. The van der Waals surface area contributed by atoms with E-state index in [-0.39, 0.29) is 5.54 Å². The Hall–Kier alpha value is -1.26. The molecular formula is C16H23NO3. The van der Waals surface area contributed by atoms with E-state index < -0.39 is 0 Å². The summed E-state index contributed by atoms with van der Waals surface area (Å²) in [6, 6.07) is 6.14. The van der Waals surface area contributed by atoms with Crippen molar-refractivity contribution in [2.24, 2.45) is 0 Å². The lowest BCUT2D eigenvalue weighted by Gasteiger charge is -2.35. The molecule has 1 fully saturated rings. The highest BCUT2D eigenvalue weighted by molar-refractivity contribution is 5.47. The topological polar surface area (TPSA) is 39.7 Å². The fourth-order valence-electron chi connectivity index (χ4n) is 2.70. The van der Waals surface area contributed by atoms with Crippen molar-refractivity contribution in [2.45, 2.75) is 38.3 Å². The van der Waals surface area contributed by atoms with Crippen molar-refractivity contribution in [3.8, 4) is 11.5 Å². The molecule has 0 aromatic heterocycles. The van der Waals surface area contributed by atoms with Gasteiger partial charge < -0.3 is 19.5 Å². The predicted octanol–water partition coefficient (Wildman–Crippen LogP) is 2.51. The van der Waals surface area contributed by atoms with Crippen LogP contribution in [-0.2, 0) is 11.3 Å². The molecule has 1 N–H and O–H groups in total. The Morgan fingerprint density at radius 1 is 1.10 bits per heavy atom. The molecule has 4 heteroatoms. The third-order valence-electron chi connectivity index (χ3n) is 4.16. The fourth-order valence-corrected chi connectivity index (χ4v) is 2.70. The monoisotopic (exact) mass is 277 g/mol. The van der Waals surface area contributed by atoms with E-state index in [0.29, 0.717) is 0 Å². The summed E-state index contributed by atoms with van der Waals surface area (Å²) < 4.78 is 17.0. The van der Waals surface area contributed by atoms with E-state index in [9.17, 15) is 0 Å². The fraction of sp³-hybridized carbons (Fsp3) is 0.625. The molecule has 1 aromatic rings. The molecule has 2 aliphatic rings. The molecule has 2 heterocycles. The van der Waals surface area contributed by atoms with Gasteiger partial charge >= 0.3 is 0 Å². The highest BCUT2D eigenvalue weighted by atomic mass is 16.5. The number of para-hydroxylation sites is 1. The van der Waals surface area contributed by atoms with Gasteiger partial charge in [0.2, 0.25) is 0 Å². The smallest absolute Gasteiger partial charge is 0.165 e. The van der Waals surface area contributed by atoms with Gasteiger partial charge in [-0.25, -0.2) is 0 Å². The summed E-state index contributed by atoms with van der Waals surface area (Å²) in [6.45, 7) is 6.23. The molecule has 0 spiro atoms. The normalized spacial score (nSPS) is 21.2. The lowest BCUT2D eigenvalue weighted by atomic mass is 9.92. The van der Waals surface area contributed by atoms with Crippen molar-refractivity contribution in [2.75, 3.05) is 26.4 Å². The van der Waals surface area contributed by atoms with E-state index in [2.05, 4.69) is 18.3 Å². The summed E-state index contributed by atoms with van der Waals surface area (Å²) in [5, 5.41) is 3.67. The lowest BCUT2D eigenvalue weighted by molar-refractivity contribution is 0.0445. The Morgan fingerprint density at radius 3 is 2.75 bits per heavy atom. The van der Waals surface area contributed by atoms with Crippen LogP contribution in [0.4, 0.5) is 0 Å². The highest BCUT2D eigenvalue weighted by Gasteiger charge is 2.27. The van der Waals surface area contributed by atoms with Gasteiger partial charge in [0, 0.05) is 37.3 Å². The van der Waals surface area contributed by atoms with Crippen molar-refractivity contribution < 1.29 is 14.2 Å². The van der Waals surface area contributed by atoms with E-state index in [1.54, 1.807) is 0 Å². The first-order chi connectivity index (χ1) is 9.77. The Kier molecular flexibility index (Phi) is 4.13. The van der Waals surface area contributed by atoms with Crippen LogP contribution in [0.25, 0.3) is 0 Å². The number of rotatable bonds is 3. The van der Waals surface area contributed by atoms with E-state index >= 15 is 0 Å². The van der Waals surface area contributed by atoms with Crippen LogP contribution in [0.2, 0.25) is 0 Å². The second-order valence-corrected chi connectivity index (χ2v) is 5.82. The number of fused-ring (bicyclic) bond motifs is 1. The third kappa shape index (κ3) is 3.07. The second kappa shape index (κ2) is 6.02. The van der Waals surface area contributed by atoms with Gasteiger partial charge in [-0.15, -0.1) is 0 Å². The molecule has 0 aliphatic carbocycles. The highest BCUT2D eigenvalue weighted by Crippen LogP contribution is 2.33. The summed E-state index contributed by atoms with van der Waals surface area (Å²) >= 11 is 0. The molecule has 0 saturated carbocycles. The number of hydrogen-bond acceptors (Lipinski definition) is 4. The molecule has 2 aliphatic heterocycles. The maximum absolute atomic E-state index is 5.86. The maximum Gasteiger partial charge on any atom is 0.165 e. The third-order valence-corrected chi connectivity index (χ3v) is 4.16. The van der Waals surface area contributed by atoms with Crippen LogP contribution in [0, 0.1) is 0 Å². The molecule has 4 nitrogen and oxygen atoms in total. The van der Waals surface area contributed by atoms with Crippen LogP contribution in [0.1, 0.15) is 31.7 Å². The first-order valence-electron chi connectivity index (χ1n) is 7.47. The van der Waals surface area contributed by atoms with Gasteiger partial charge in [0.15, 0.2) is 11.5 Å². The standard InChI is InChI=1S/C16H23NO3/c1-16(6-10-18-11-7-16)17-12-13-4-2-5-14-15(13)20-9-3-8-19-14/h2,4-5,17H,3,6-12H2,1H3. The van der Waals surface area contributed by atoms with Gasteiger partial charge in [0.05, 0.1) is 13.2 Å². The maximum atomic E-state index is 5.86. The van der Waals surface area contributed by atoms with Gasteiger partial charge in [0.1, 0.15) is 0 Å². The zero-order valence-corrected chi connectivity index (χ0v) is 12.1. The van der Waals surface area contributed by atoms with Gasteiger partial charge in [0.25, 0.3) is 0 Å².